The molecule has 4 unspecified atom stereocenters. The van der Waals surface area contributed by atoms with E-state index in [1.165, 1.54) is 0 Å². The van der Waals surface area contributed by atoms with Crippen LogP contribution in [0.4, 0.5) is 4.39 Å². The van der Waals surface area contributed by atoms with Gasteiger partial charge in [-0.1, -0.05) is 12.8 Å². The second kappa shape index (κ2) is 3.51. The highest BCUT2D eigenvalue weighted by atomic mass is 19.1. The fraction of sp³-hybridized carbons (Fsp3) is 0.909. The van der Waals surface area contributed by atoms with Gasteiger partial charge in [0.05, 0.1) is 11.5 Å². The average molecular weight is 197 g/mol. The zero-order valence-corrected chi connectivity index (χ0v) is 8.25. The highest BCUT2D eigenvalue weighted by molar-refractivity contribution is 5.12. The van der Waals surface area contributed by atoms with E-state index in [1.54, 1.807) is 0 Å². The van der Waals surface area contributed by atoms with Crippen LogP contribution in [0.15, 0.2) is 0 Å². The van der Waals surface area contributed by atoms with E-state index in [4.69, 9.17) is 0 Å². The van der Waals surface area contributed by atoms with E-state index in [9.17, 15) is 14.8 Å². The van der Waals surface area contributed by atoms with Crippen molar-refractivity contribution in [2.75, 3.05) is 0 Å². The fourth-order valence-corrected chi connectivity index (χ4v) is 3.12. The van der Waals surface area contributed by atoms with Crippen LogP contribution in [0.2, 0.25) is 0 Å². The zero-order chi connectivity index (χ0) is 10.2. The molecule has 4 atom stereocenters. The second-order valence-corrected chi connectivity index (χ2v) is 4.63. The van der Waals surface area contributed by atoms with Gasteiger partial charge in [-0.3, -0.25) is 0 Å². The smallest absolute Gasteiger partial charge is 0.127 e. The monoisotopic (exact) mass is 197 g/mol. The Morgan fingerprint density at radius 2 is 2.07 bits per heavy atom. The number of aliphatic hydroxyl groups is 1. The third kappa shape index (κ3) is 1.25. The fourth-order valence-electron chi connectivity index (χ4n) is 3.12. The standard InChI is InChI=1S/C11H16FNO/c12-9-5-4-8-3-1-2-6-11(8,7-13)10(9)14/h8-10,14H,1-6H2. The predicted molar refractivity (Wildman–Crippen MR) is 50.1 cm³/mol. The Morgan fingerprint density at radius 3 is 2.79 bits per heavy atom. The van der Waals surface area contributed by atoms with Crippen molar-refractivity contribution in [1.82, 2.24) is 0 Å². The summed E-state index contributed by atoms with van der Waals surface area (Å²) in [7, 11) is 0. The van der Waals surface area contributed by atoms with Crippen molar-refractivity contribution in [3.05, 3.63) is 0 Å². The molecule has 3 heteroatoms. The van der Waals surface area contributed by atoms with Crippen LogP contribution in [0.1, 0.15) is 38.5 Å². The second-order valence-electron chi connectivity index (χ2n) is 4.63. The van der Waals surface area contributed by atoms with Crippen LogP contribution in [0.3, 0.4) is 0 Å². The maximum Gasteiger partial charge on any atom is 0.127 e. The molecule has 0 radical (unpaired) electrons. The van der Waals surface area contributed by atoms with Crippen molar-refractivity contribution in [1.29, 1.82) is 5.26 Å². The molecule has 2 fully saturated rings. The Morgan fingerprint density at radius 1 is 1.29 bits per heavy atom. The lowest BCUT2D eigenvalue weighted by Crippen LogP contribution is -2.51. The van der Waals surface area contributed by atoms with Crippen molar-refractivity contribution < 1.29 is 9.50 Å². The number of aliphatic hydroxyl groups excluding tert-OH is 1. The van der Waals surface area contributed by atoms with Crippen molar-refractivity contribution in [2.45, 2.75) is 50.8 Å². The Hall–Kier alpha value is -0.620. The summed E-state index contributed by atoms with van der Waals surface area (Å²) < 4.78 is 13.4. The van der Waals surface area contributed by atoms with E-state index < -0.39 is 17.7 Å². The molecule has 2 aliphatic rings. The number of nitriles is 1. The molecule has 0 aromatic carbocycles. The van der Waals surface area contributed by atoms with Crippen LogP contribution < -0.4 is 0 Å². The van der Waals surface area contributed by atoms with Gasteiger partial charge in [-0.25, -0.2) is 4.39 Å². The molecule has 0 heterocycles. The van der Waals surface area contributed by atoms with Crippen LogP contribution >= 0.6 is 0 Å². The van der Waals surface area contributed by atoms with E-state index in [-0.39, 0.29) is 5.92 Å². The zero-order valence-electron chi connectivity index (χ0n) is 8.25. The number of fused-ring (bicyclic) bond motifs is 1. The Bertz CT molecular complexity index is 259. The first kappa shape index (κ1) is 9.92. The highest BCUT2D eigenvalue weighted by Gasteiger charge is 2.52. The van der Waals surface area contributed by atoms with Gasteiger partial charge in [-0.2, -0.15) is 5.26 Å². The van der Waals surface area contributed by atoms with Gasteiger partial charge in [0, 0.05) is 0 Å². The summed E-state index contributed by atoms with van der Waals surface area (Å²) >= 11 is 0. The summed E-state index contributed by atoms with van der Waals surface area (Å²) in [6.45, 7) is 0. The number of hydrogen-bond acceptors (Lipinski definition) is 2. The normalized spacial score (nSPS) is 47.9. The SMILES string of the molecule is N#CC12CCCCC1CCC(F)C2O. The van der Waals surface area contributed by atoms with Crippen molar-refractivity contribution in [2.24, 2.45) is 11.3 Å². The van der Waals surface area contributed by atoms with Crippen molar-refractivity contribution in [3.8, 4) is 6.07 Å². The van der Waals surface area contributed by atoms with E-state index in [0.29, 0.717) is 12.8 Å². The van der Waals surface area contributed by atoms with Gasteiger partial charge in [0.2, 0.25) is 0 Å². The molecule has 0 saturated heterocycles. The minimum atomic E-state index is -1.19. The summed E-state index contributed by atoms with van der Waals surface area (Å²) in [6.07, 6.45) is 2.69. The summed E-state index contributed by atoms with van der Waals surface area (Å²) in [5, 5.41) is 19.0. The molecule has 2 nitrogen and oxygen atoms in total. The maximum atomic E-state index is 13.4. The van der Waals surface area contributed by atoms with E-state index >= 15 is 0 Å². The number of rotatable bonds is 0. The summed E-state index contributed by atoms with van der Waals surface area (Å²) in [6, 6.07) is 2.21. The third-order valence-corrected chi connectivity index (χ3v) is 3.99. The van der Waals surface area contributed by atoms with Gasteiger partial charge < -0.3 is 5.11 Å². The molecule has 14 heavy (non-hydrogen) atoms. The molecule has 0 aromatic heterocycles. The molecule has 2 aliphatic carbocycles. The molecular weight excluding hydrogens is 181 g/mol. The van der Waals surface area contributed by atoms with Gasteiger partial charge in [0.15, 0.2) is 0 Å². The number of alkyl halides is 1. The van der Waals surface area contributed by atoms with Crippen LogP contribution in [0.5, 0.6) is 0 Å². The molecule has 0 aromatic rings. The topological polar surface area (TPSA) is 44.0 Å². The predicted octanol–water partition coefficient (Wildman–Crippen LogP) is 2.18. The van der Waals surface area contributed by atoms with Gasteiger partial charge in [-0.05, 0) is 31.6 Å². The van der Waals surface area contributed by atoms with Gasteiger partial charge in [0.1, 0.15) is 12.3 Å². The van der Waals surface area contributed by atoms with Crippen LogP contribution in [-0.4, -0.2) is 17.4 Å². The van der Waals surface area contributed by atoms with Gasteiger partial charge in [-0.15, -0.1) is 0 Å². The lowest BCUT2D eigenvalue weighted by molar-refractivity contribution is -0.0849. The van der Waals surface area contributed by atoms with Crippen LogP contribution in [-0.2, 0) is 0 Å². The molecule has 0 amide bonds. The third-order valence-electron chi connectivity index (χ3n) is 3.99. The molecule has 0 bridgehead atoms. The first-order valence-electron chi connectivity index (χ1n) is 5.44. The first-order valence-corrected chi connectivity index (χ1v) is 5.44. The number of hydrogen-bond donors (Lipinski definition) is 1. The summed E-state index contributed by atoms with van der Waals surface area (Å²) in [5.41, 5.74) is -0.768. The van der Waals surface area contributed by atoms with Crippen LogP contribution in [0.25, 0.3) is 0 Å². The maximum absolute atomic E-state index is 13.4. The molecule has 78 valence electrons. The Kier molecular flexibility index (Phi) is 2.48. The van der Waals surface area contributed by atoms with Crippen LogP contribution in [0, 0.1) is 22.7 Å². The largest absolute Gasteiger partial charge is 0.388 e. The van der Waals surface area contributed by atoms with E-state index in [1.807, 2.05) is 0 Å². The Balaban J connectivity index is 2.28. The molecule has 0 spiro atoms. The summed E-state index contributed by atoms with van der Waals surface area (Å²) in [4.78, 5) is 0. The van der Waals surface area contributed by atoms with Gasteiger partial charge >= 0.3 is 0 Å². The molecule has 0 aliphatic heterocycles. The minimum absolute atomic E-state index is 0.225. The minimum Gasteiger partial charge on any atom is -0.388 e. The van der Waals surface area contributed by atoms with Crippen molar-refractivity contribution in [3.63, 3.8) is 0 Å². The van der Waals surface area contributed by atoms with Gasteiger partial charge in [0.25, 0.3) is 0 Å². The van der Waals surface area contributed by atoms with E-state index in [0.717, 1.165) is 25.7 Å². The first-order chi connectivity index (χ1) is 6.70. The summed E-state index contributed by atoms with van der Waals surface area (Å²) in [5.74, 6) is 0.225. The number of nitrogens with zero attached hydrogens (tertiary/aromatic N) is 1. The highest BCUT2D eigenvalue weighted by Crippen LogP contribution is 2.50. The van der Waals surface area contributed by atoms with E-state index in [2.05, 4.69) is 6.07 Å². The lowest BCUT2D eigenvalue weighted by atomic mass is 9.58. The average Bonchev–Trinajstić information content (AvgIpc) is 2.24. The molecule has 2 saturated carbocycles. The number of halogens is 1. The quantitative estimate of drug-likeness (QED) is 0.646. The lowest BCUT2D eigenvalue weighted by Gasteiger charge is -2.46. The molecular formula is C11H16FNO. The molecule has 1 N–H and O–H groups in total. The molecule has 2 rings (SSSR count). The Labute approximate surface area is 83.7 Å². The van der Waals surface area contributed by atoms with Crippen molar-refractivity contribution >= 4 is 0 Å².